The number of nitro groups is 1. The van der Waals surface area contributed by atoms with E-state index in [4.69, 9.17) is 0 Å². The zero-order valence-corrected chi connectivity index (χ0v) is 11.4. The number of nitrogens with one attached hydrogen (secondary N) is 1. The van der Waals surface area contributed by atoms with Crippen molar-refractivity contribution in [2.45, 2.75) is 25.8 Å². The third-order valence-corrected chi connectivity index (χ3v) is 3.46. The Hall–Kier alpha value is -2.18. The Morgan fingerprint density at radius 2 is 2.20 bits per heavy atom. The van der Waals surface area contributed by atoms with Crippen molar-refractivity contribution < 1.29 is 14.1 Å². The van der Waals surface area contributed by atoms with Crippen LogP contribution in [0.4, 0.5) is 15.8 Å². The number of nitro benzene ring substituents is 1. The molecule has 1 aliphatic rings. The summed E-state index contributed by atoms with van der Waals surface area (Å²) in [6.45, 7) is 2.03. The number of likely N-dealkylation sites (N-methyl/N-ethyl adjacent to an activating group) is 1. The maximum absolute atomic E-state index is 13.4. The number of anilines is 1. The molecule has 1 amide bonds. The summed E-state index contributed by atoms with van der Waals surface area (Å²) in [5.41, 5.74) is 0.354. The van der Waals surface area contributed by atoms with Gasteiger partial charge in [-0.15, -0.1) is 0 Å². The molecule has 2 rings (SSSR count). The molecule has 6 nitrogen and oxygen atoms in total. The molecule has 0 radical (unpaired) electrons. The average molecular weight is 281 g/mol. The first kappa shape index (κ1) is 14.2. The van der Waals surface area contributed by atoms with Gasteiger partial charge in [-0.3, -0.25) is 14.9 Å². The van der Waals surface area contributed by atoms with Crippen LogP contribution in [-0.2, 0) is 4.79 Å². The number of hydrogen-bond donors (Lipinski definition) is 1. The van der Waals surface area contributed by atoms with E-state index >= 15 is 0 Å². The number of piperidine rings is 1. The van der Waals surface area contributed by atoms with E-state index in [1.165, 1.54) is 6.07 Å². The first-order chi connectivity index (χ1) is 9.38. The smallest absolute Gasteiger partial charge is 0.295 e. The lowest BCUT2D eigenvalue weighted by Crippen LogP contribution is -2.43. The highest BCUT2D eigenvalue weighted by Gasteiger charge is 2.25. The van der Waals surface area contributed by atoms with Gasteiger partial charge in [0, 0.05) is 26.1 Å². The van der Waals surface area contributed by atoms with E-state index in [2.05, 4.69) is 5.32 Å². The van der Waals surface area contributed by atoms with Crippen molar-refractivity contribution in [2.24, 2.45) is 0 Å². The van der Waals surface area contributed by atoms with Gasteiger partial charge in [0.15, 0.2) is 0 Å². The first-order valence-corrected chi connectivity index (χ1v) is 6.33. The van der Waals surface area contributed by atoms with E-state index < -0.39 is 10.7 Å². The topological polar surface area (TPSA) is 75.5 Å². The maximum atomic E-state index is 13.4. The predicted molar refractivity (Wildman–Crippen MR) is 72.1 cm³/mol. The number of benzene rings is 1. The van der Waals surface area contributed by atoms with E-state index in [9.17, 15) is 19.3 Å². The van der Waals surface area contributed by atoms with E-state index in [0.29, 0.717) is 30.6 Å². The summed E-state index contributed by atoms with van der Waals surface area (Å²) < 4.78 is 13.4. The molecule has 1 aliphatic heterocycles. The fourth-order valence-electron chi connectivity index (χ4n) is 2.29. The predicted octanol–water partition coefficient (Wildman–Crippen LogP) is 2.08. The Morgan fingerprint density at radius 3 is 2.80 bits per heavy atom. The summed E-state index contributed by atoms with van der Waals surface area (Å²) in [6, 6.07) is 2.29. The summed E-state index contributed by atoms with van der Waals surface area (Å²) in [5.74, 6) is -0.536. The second kappa shape index (κ2) is 5.44. The molecule has 0 bridgehead atoms. The zero-order valence-electron chi connectivity index (χ0n) is 11.4. The molecule has 1 aromatic carbocycles. The quantitative estimate of drug-likeness (QED) is 0.680. The maximum Gasteiger partial charge on any atom is 0.295 e. The van der Waals surface area contributed by atoms with E-state index in [1.54, 1.807) is 18.9 Å². The van der Waals surface area contributed by atoms with Gasteiger partial charge in [-0.2, -0.15) is 0 Å². The largest absolute Gasteiger partial charge is 0.375 e. The van der Waals surface area contributed by atoms with Gasteiger partial charge in [-0.1, -0.05) is 0 Å². The van der Waals surface area contributed by atoms with Crippen LogP contribution in [0.3, 0.4) is 0 Å². The van der Waals surface area contributed by atoms with Crippen LogP contribution in [-0.4, -0.2) is 35.4 Å². The molecule has 0 saturated carbocycles. The first-order valence-electron chi connectivity index (χ1n) is 6.33. The van der Waals surface area contributed by atoms with E-state index in [1.807, 2.05) is 0 Å². The standard InChI is InChI=1S/C13H16FN3O3/c1-8-5-11(12(17(19)20)6-10(8)14)15-9-3-4-13(18)16(2)7-9/h5-6,9,15H,3-4,7H2,1-2H3. The third-order valence-electron chi connectivity index (χ3n) is 3.46. The van der Waals surface area contributed by atoms with E-state index in [-0.39, 0.29) is 17.6 Å². The molecular formula is C13H16FN3O3. The molecular weight excluding hydrogens is 265 g/mol. The fourth-order valence-corrected chi connectivity index (χ4v) is 2.29. The highest BCUT2D eigenvalue weighted by molar-refractivity contribution is 5.77. The van der Waals surface area contributed by atoms with Crippen LogP contribution in [0.25, 0.3) is 0 Å². The van der Waals surface area contributed by atoms with Crippen LogP contribution >= 0.6 is 0 Å². The van der Waals surface area contributed by atoms with Crippen molar-refractivity contribution >= 4 is 17.3 Å². The second-order valence-electron chi connectivity index (χ2n) is 5.03. The number of aryl methyl sites for hydroxylation is 1. The molecule has 1 saturated heterocycles. The minimum atomic E-state index is -0.609. The minimum absolute atomic E-state index is 0.0628. The van der Waals surface area contributed by atoms with Crippen molar-refractivity contribution in [3.05, 3.63) is 33.6 Å². The summed E-state index contributed by atoms with van der Waals surface area (Å²) in [4.78, 5) is 23.4. The van der Waals surface area contributed by atoms with Crippen LogP contribution in [0.2, 0.25) is 0 Å². The highest BCUT2D eigenvalue weighted by atomic mass is 19.1. The number of amides is 1. The van der Waals surface area contributed by atoms with Crippen molar-refractivity contribution in [3.8, 4) is 0 Å². The van der Waals surface area contributed by atoms with Gasteiger partial charge in [0.1, 0.15) is 11.5 Å². The minimum Gasteiger partial charge on any atom is -0.375 e. The van der Waals surface area contributed by atoms with Gasteiger partial charge in [-0.25, -0.2) is 4.39 Å². The van der Waals surface area contributed by atoms with Crippen molar-refractivity contribution in [2.75, 3.05) is 18.9 Å². The normalized spacial score (nSPS) is 19.1. The Labute approximate surface area is 115 Å². The number of likely N-dealkylation sites (tertiary alicyclic amines) is 1. The van der Waals surface area contributed by atoms with Gasteiger partial charge >= 0.3 is 0 Å². The molecule has 1 N–H and O–H groups in total. The number of rotatable bonds is 3. The number of hydrogen-bond acceptors (Lipinski definition) is 4. The molecule has 0 aliphatic carbocycles. The second-order valence-corrected chi connectivity index (χ2v) is 5.03. The Balaban J connectivity index is 2.22. The lowest BCUT2D eigenvalue weighted by atomic mass is 10.0. The number of nitrogens with zero attached hydrogens (tertiary/aromatic N) is 2. The van der Waals surface area contributed by atoms with Crippen LogP contribution in [0.1, 0.15) is 18.4 Å². The molecule has 1 unspecified atom stereocenters. The van der Waals surface area contributed by atoms with Crippen LogP contribution in [0.5, 0.6) is 0 Å². The molecule has 1 aromatic rings. The van der Waals surface area contributed by atoms with Crippen molar-refractivity contribution in [1.82, 2.24) is 4.90 Å². The van der Waals surface area contributed by atoms with Gasteiger partial charge in [0.25, 0.3) is 5.69 Å². The molecule has 0 spiro atoms. The van der Waals surface area contributed by atoms with Crippen LogP contribution < -0.4 is 5.32 Å². The third kappa shape index (κ3) is 2.87. The van der Waals surface area contributed by atoms with Crippen LogP contribution in [0, 0.1) is 22.9 Å². The Bertz CT molecular complexity index is 562. The summed E-state index contributed by atoms with van der Waals surface area (Å²) in [6.07, 6.45) is 1.01. The van der Waals surface area contributed by atoms with Crippen LogP contribution in [0.15, 0.2) is 12.1 Å². The summed E-state index contributed by atoms with van der Waals surface area (Å²) >= 11 is 0. The molecule has 1 fully saturated rings. The van der Waals surface area contributed by atoms with Crippen molar-refractivity contribution in [1.29, 1.82) is 0 Å². The zero-order chi connectivity index (χ0) is 14.9. The molecule has 20 heavy (non-hydrogen) atoms. The SMILES string of the molecule is Cc1cc(NC2CCC(=O)N(C)C2)c([N+](=O)[O-])cc1F. The van der Waals surface area contributed by atoms with Gasteiger partial charge in [-0.05, 0) is 25.0 Å². The van der Waals surface area contributed by atoms with Gasteiger partial charge < -0.3 is 10.2 Å². The molecule has 7 heteroatoms. The molecule has 0 aromatic heterocycles. The molecule has 1 atom stereocenters. The Kier molecular flexibility index (Phi) is 3.87. The highest BCUT2D eigenvalue weighted by Crippen LogP contribution is 2.29. The van der Waals surface area contributed by atoms with Gasteiger partial charge in [0.05, 0.1) is 11.0 Å². The lowest BCUT2D eigenvalue weighted by molar-refractivity contribution is -0.384. The number of carbonyl (C=O) groups excluding carboxylic acids is 1. The number of carbonyl (C=O) groups is 1. The Morgan fingerprint density at radius 1 is 1.50 bits per heavy atom. The molecule has 108 valence electrons. The summed E-state index contributed by atoms with van der Waals surface area (Å²) in [5, 5.41) is 14.0. The van der Waals surface area contributed by atoms with Crippen molar-refractivity contribution in [3.63, 3.8) is 0 Å². The van der Waals surface area contributed by atoms with Gasteiger partial charge in [0.2, 0.25) is 5.91 Å². The molecule has 1 heterocycles. The van der Waals surface area contributed by atoms with E-state index in [0.717, 1.165) is 6.07 Å². The lowest BCUT2D eigenvalue weighted by Gasteiger charge is -2.30. The monoisotopic (exact) mass is 281 g/mol. The number of halogens is 1. The fraction of sp³-hybridized carbons (Fsp3) is 0.462. The average Bonchev–Trinajstić information content (AvgIpc) is 2.37. The summed E-state index contributed by atoms with van der Waals surface area (Å²) in [7, 11) is 1.69.